The summed E-state index contributed by atoms with van der Waals surface area (Å²) in [7, 11) is 0. The zero-order chi connectivity index (χ0) is 13.2. The van der Waals surface area contributed by atoms with Gasteiger partial charge in [0.2, 0.25) is 5.91 Å². The largest absolute Gasteiger partial charge is 0.324 e. The van der Waals surface area contributed by atoms with Gasteiger partial charge in [0, 0.05) is 18.4 Å². The van der Waals surface area contributed by atoms with Gasteiger partial charge in [0.25, 0.3) is 0 Å². The maximum Gasteiger partial charge on any atom is 0.246 e. The smallest absolute Gasteiger partial charge is 0.246 e. The highest BCUT2D eigenvalue weighted by Crippen LogP contribution is 2.27. The second kappa shape index (κ2) is 4.72. The Balaban J connectivity index is 1.83. The van der Waals surface area contributed by atoms with Gasteiger partial charge in [-0.15, -0.1) is 0 Å². The third kappa shape index (κ3) is 2.17. The predicted molar refractivity (Wildman–Crippen MR) is 72.8 cm³/mol. The predicted octanol–water partition coefficient (Wildman–Crippen LogP) is 1.56. The van der Waals surface area contributed by atoms with Crippen LogP contribution in [0.3, 0.4) is 0 Å². The van der Waals surface area contributed by atoms with Crippen molar-refractivity contribution in [3.63, 3.8) is 0 Å². The second-order valence-corrected chi connectivity index (χ2v) is 4.64. The van der Waals surface area contributed by atoms with Crippen LogP contribution in [0.1, 0.15) is 5.56 Å². The third-order valence-electron chi connectivity index (χ3n) is 3.43. The van der Waals surface area contributed by atoms with Gasteiger partial charge in [-0.25, -0.2) is 0 Å². The average molecular weight is 253 g/mol. The number of nitrogens with zero attached hydrogens (tertiary/aromatic N) is 2. The molecular weight excluding hydrogens is 238 g/mol. The SMILES string of the molecule is N=c1ccccn1CC(=O)N1CCc2ccccc21. The van der Waals surface area contributed by atoms with Crippen LogP contribution in [-0.4, -0.2) is 17.0 Å². The van der Waals surface area contributed by atoms with Crippen molar-refractivity contribution in [2.45, 2.75) is 13.0 Å². The fraction of sp³-hybridized carbons (Fsp3) is 0.200. The van der Waals surface area contributed by atoms with Crippen LogP contribution in [0, 0.1) is 5.41 Å². The van der Waals surface area contributed by atoms with Gasteiger partial charge in [-0.3, -0.25) is 10.2 Å². The van der Waals surface area contributed by atoms with E-state index in [4.69, 9.17) is 5.41 Å². The van der Waals surface area contributed by atoms with Gasteiger partial charge in [0.1, 0.15) is 12.0 Å². The molecule has 2 heterocycles. The molecule has 0 spiro atoms. The van der Waals surface area contributed by atoms with Gasteiger partial charge in [-0.2, -0.15) is 0 Å². The van der Waals surface area contributed by atoms with Crippen molar-refractivity contribution in [3.05, 3.63) is 59.7 Å². The first-order chi connectivity index (χ1) is 9.25. The first kappa shape index (κ1) is 11.7. The molecule has 0 radical (unpaired) electrons. The number of aromatic nitrogens is 1. The van der Waals surface area contributed by atoms with Gasteiger partial charge < -0.3 is 9.47 Å². The molecule has 0 unspecified atom stereocenters. The normalized spacial score (nSPS) is 13.4. The molecule has 1 aromatic heterocycles. The number of hydrogen-bond donors (Lipinski definition) is 1. The third-order valence-corrected chi connectivity index (χ3v) is 3.43. The minimum atomic E-state index is 0.0367. The number of fused-ring (bicyclic) bond motifs is 1. The van der Waals surface area contributed by atoms with Gasteiger partial charge >= 0.3 is 0 Å². The van der Waals surface area contributed by atoms with Crippen molar-refractivity contribution in [1.82, 2.24) is 4.57 Å². The number of anilines is 1. The average Bonchev–Trinajstić information content (AvgIpc) is 2.85. The molecule has 0 saturated heterocycles. The summed E-state index contributed by atoms with van der Waals surface area (Å²) < 4.78 is 1.66. The molecule has 1 aromatic carbocycles. The maximum atomic E-state index is 12.4. The molecule has 0 aliphatic carbocycles. The minimum Gasteiger partial charge on any atom is -0.324 e. The highest BCUT2D eigenvalue weighted by molar-refractivity contribution is 5.95. The van der Waals surface area contributed by atoms with Crippen LogP contribution in [0.4, 0.5) is 5.69 Å². The monoisotopic (exact) mass is 253 g/mol. The van der Waals surface area contributed by atoms with Gasteiger partial charge in [0.05, 0.1) is 0 Å². The molecule has 1 aliphatic rings. The lowest BCUT2D eigenvalue weighted by Gasteiger charge is -2.18. The molecule has 0 atom stereocenters. The number of carbonyl (C=O) groups is 1. The molecule has 0 bridgehead atoms. The Morgan fingerprint density at radius 3 is 2.79 bits per heavy atom. The van der Waals surface area contributed by atoms with E-state index in [0.717, 1.165) is 18.7 Å². The Bertz CT molecular complexity index is 675. The molecule has 0 fully saturated rings. The molecule has 1 aliphatic heterocycles. The highest BCUT2D eigenvalue weighted by atomic mass is 16.2. The summed E-state index contributed by atoms with van der Waals surface area (Å²) in [5.74, 6) is 0.0367. The van der Waals surface area contributed by atoms with Crippen LogP contribution in [0.15, 0.2) is 48.7 Å². The van der Waals surface area contributed by atoms with Crippen molar-refractivity contribution >= 4 is 11.6 Å². The lowest BCUT2D eigenvalue weighted by Crippen LogP contribution is -2.35. The van der Waals surface area contributed by atoms with Crippen LogP contribution in [0.25, 0.3) is 0 Å². The molecule has 4 heteroatoms. The Morgan fingerprint density at radius 2 is 1.95 bits per heavy atom. The Kier molecular flexibility index (Phi) is 2.91. The summed E-state index contributed by atoms with van der Waals surface area (Å²) in [5.41, 5.74) is 2.58. The van der Waals surface area contributed by atoms with Crippen molar-refractivity contribution in [3.8, 4) is 0 Å². The molecule has 3 rings (SSSR count). The molecule has 1 amide bonds. The fourth-order valence-corrected chi connectivity index (χ4v) is 2.44. The molecule has 4 nitrogen and oxygen atoms in total. The lowest BCUT2D eigenvalue weighted by molar-refractivity contribution is -0.119. The summed E-state index contributed by atoms with van der Waals surface area (Å²) >= 11 is 0. The summed E-state index contributed by atoms with van der Waals surface area (Å²) in [5, 5.41) is 7.77. The van der Waals surface area contributed by atoms with E-state index < -0.39 is 0 Å². The van der Waals surface area contributed by atoms with E-state index in [1.807, 2.05) is 29.2 Å². The number of hydrogen-bond acceptors (Lipinski definition) is 2. The molecule has 1 N–H and O–H groups in total. The Hall–Kier alpha value is -2.36. The van der Waals surface area contributed by atoms with E-state index in [2.05, 4.69) is 6.07 Å². The summed E-state index contributed by atoms with van der Waals surface area (Å²) in [6, 6.07) is 13.3. The first-order valence-electron chi connectivity index (χ1n) is 6.34. The first-order valence-corrected chi connectivity index (χ1v) is 6.34. The van der Waals surface area contributed by atoms with E-state index in [1.54, 1.807) is 22.9 Å². The number of benzene rings is 1. The van der Waals surface area contributed by atoms with Crippen LogP contribution in [0.5, 0.6) is 0 Å². The van der Waals surface area contributed by atoms with E-state index in [1.165, 1.54) is 5.56 Å². The quantitative estimate of drug-likeness (QED) is 0.867. The van der Waals surface area contributed by atoms with Crippen molar-refractivity contribution < 1.29 is 4.79 Å². The lowest BCUT2D eigenvalue weighted by atomic mass is 10.2. The van der Waals surface area contributed by atoms with E-state index >= 15 is 0 Å². The van der Waals surface area contributed by atoms with Gasteiger partial charge in [-0.05, 0) is 30.2 Å². The van der Waals surface area contributed by atoms with Crippen molar-refractivity contribution in [2.75, 3.05) is 11.4 Å². The van der Waals surface area contributed by atoms with E-state index in [0.29, 0.717) is 5.49 Å². The number of nitrogens with one attached hydrogen (secondary N) is 1. The number of pyridine rings is 1. The molecular formula is C15H15N3O. The maximum absolute atomic E-state index is 12.4. The second-order valence-electron chi connectivity index (χ2n) is 4.64. The molecule has 96 valence electrons. The Labute approximate surface area is 111 Å². The topological polar surface area (TPSA) is 49.1 Å². The zero-order valence-corrected chi connectivity index (χ0v) is 10.5. The van der Waals surface area contributed by atoms with Gasteiger partial charge in [-0.1, -0.05) is 24.3 Å². The fourth-order valence-electron chi connectivity index (χ4n) is 2.44. The molecule has 0 saturated carbocycles. The highest BCUT2D eigenvalue weighted by Gasteiger charge is 2.23. The standard InChI is InChI=1S/C15H15N3O/c16-14-7-3-4-9-17(14)11-15(19)18-10-8-12-5-1-2-6-13(12)18/h1-7,9,16H,8,10-11H2. The number of amides is 1. The molecule has 2 aromatic rings. The van der Waals surface area contributed by atoms with E-state index in [9.17, 15) is 4.79 Å². The van der Waals surface area contributed by atoms with Crippen LogP contribution in [-0.2, 0) is 17.8 Å². The summed E-state index contributed by atoms with van der Waals surface area (Å²) in [6.07, 6.45) is 2.68. The van der Waals surface area contributed by atoms with Crippen LogP contribution >= 0.6 is 0 Å². The Morgan fingerprint density at radius 1 is 1.16 bits per heavy atom. The van der Waals surface area contributed by atoms with Crippen LogP contribution in [0.2, 0.25) is 0 Å². The van der Waals surface area contributed by atoms with Gasteiger partial charge in [0.15, 0.2) is 0 Å². The van der Waals surface area contributed by atoms with Crippen molar-refractivity contribution in [2.24, 2.45) is 0 Å². The minimum absolute atomic E-state index is 0.0367. The summed E-state index contributed by atoms with van der Waals surface area (Å²) in [6.45, 7) is 0.951. The van der Waals surface area contributed by atoms with Crippen LogP contribution < -0.4 is 10.4 Å². The summed E-state index contributed by atoms with van der Waals surface area (Å²) in [4.78, 5) is 14.2. The van der Waals surface area contributed by atoms with Crippen molar-refractivity contribution in [1.29, 1.82) is 5.41 Å². The number of carbonyl (C=O) groups excluding carboxylic acids is 1. The zero-order valence-electron chi connectivity index (χ0n) is 10.5. The number of para-hydroxylation sites is 1. The number of rotatable bonds is 2. The molecule has 19 heavy (non-hydrogen) atoms. The van der Waals surface area contributed by atoms with E-state index in [-0.39, 0.29) is 12.5 Å².